The molecule has 1 atom stereocenters. The fourth-order valence-electron chi connectivity index (χ4n) is 4.41. The predicted octanol–water partition coefficient (Wildman–Crippen LogP) is 5.45. The highest BCUT2D eigenvalue weighted by atomic mass is 79.9. The van der Waals surface area contributed by atoms with Gasteiger partial charge in [0, 0.05) is 29.4 Å². The maximum absolute atomic E-state index is 12.4. The maximum Gasteiger partial charge on any atom is 0.282 e. The van der Waals surface area contributed by atoms with Crippen molar-refractivity contribution in [3.63, 3.8) is 0 Å². The molecule has 2 saturated heterocycles. The van der Waals surface area contributed by atoms with Crippen LogP contribution in [0.15, 0.2) is 53.0 Å². The van der Waals surface area contributed by atoms with Crippen molar-refractivity contribution in [3.8, 4) is 5.75 Å². The number of hydrogen-bond donors (Lipinski definition) is 0. The lowest BCUT2D eigenvalue weighted by molar-refractivity contribution is 0.179. The zero-order chi connectivity index (χ0) is 20.9. The fraction of sp³-hybridized carbons (Fsp3) is 0.458. The van der Waals surface area contributed by atoms with Gasteiger partial charge in [-0.05, 0) is 67.6 Å². The van der Waals surface area contributed by atoms with Crippen molar-refractivity contribution < 1.29 is 9.53 Å². The molecule has 2 aliphatic heterocycles. The van der Waals surface area contributed by atoms with Crippen LogP contribution in [0, 0.1) is 5.92 Å². The molecule has 0 N–H and O–H groups in total. The van der Waals surface area contributed by atoms with E-state index in [0.29, 0.717) is 11.2 Å². The van der Waals surface area contributed by atoms with Crippen molar-refractivity contribution in [1.82, 2.24) is 9.80 Å². The van der Waals surface area contributed by atoms with Gasteiger partial charge in [0.05, 0.1) is 7.11 Å². The summed E-state index contributed by atoms with van der Waals surface area (Å²) in [5.41, 5.74) is 2.54. The van der Waals surface area contributed by atoms with Crippen molar-refractivity contribution in [1.29, 1.82) is 0 Å². The van der Waals surface area contributed by atoms with E-state index in [2.05, 4.69) is 45.1 Å². The lowest BCUT2D eigenvalue weighted by atomic mass is 9.90. The molecule has 0 radical (unpaired) electrons. The van der Waals surface area contributed by atoms with Crippen LogP contribution in [-0.2, 0) is 13.0 Å². The zero-order valence-corrected chi connectivity index (χ0v) is 19.8. The summed E-state index contributed by atoms with van der Waals surface area (Å²) in [6.07, 6.45) is 3.51. The summed E-state index contributed by atoms with van der Waals surface area (Å²) < 4.78 is 6.55. The number of carbonyl (C=O) groups excluding carboxylic acids is 1. The van der Waals surface area contributed by atoms with Gasteiger partial charge in [0.15, 0.2) is 0 Å². The van der Waals surface area contributed by atoms with E-state index in [1.165, 1.54) is 40.2 Å². The van der Waals surface area contributed by atoms with Crippen molar-refractivity contribution in [2.75, 3.05) is 33.3 Å². The number of halogens is 1. The summed E-state index contributed by atoms with van der Waals surface area (Å²) in [4.78, 5) is 17.0. The second kappa shape index (κ2) is 10.2. The van der Waals surface area contributed by atoms with Gasteiger partial charge >= 0.3 is 0 Å². The highest BCUT2D eigenvalue weighted by Gasteiger charge is 2.32. The SMILES string of the molecule is COc1ccc(Br)c(CC2CCN(CC3CN(Cc4ccccc4)C(=O)S3)CC2)c1. The summed E-state index contributed by atoms with van der Waals surface area (Å²) in [7, 11) is 1.72. The first-order valence-electron chi connectivity index (χ1n) is 10.6. The monoisotopic (exact) mass is 488 g/mol. The van der Waals surface area contributed by atoms with Gasteiger partial charge in [0.2, 0.25) is 0 Å². The standard InChI is InChI=1S/C24H29BrN2O2S/c1-29-21-7-8-23(25)20(14-21)13-18-9-11-26(12-10-18)16-22-17-27(24(28)30-22)15-19-5-3-2-4-6-19/h2-8,14,18,22H,9-13,15-17H2,1H3. The minimum absolute atomic E-state index is 0.224. The number of piperidine rings is 1. The Bertz CT molecular complexity index is 856. The van der Waals surface area contributed by atoms with E-state index >= 15 is 0 Å². The van der Waals surface area contributed by atoms with E-state index in [4.69, 9.17) is 4.74 Å². The van der Waals surface area contributed by atoms with Crippen molar-refractivity contribution in [2.24, 2.45) is 5.92 Å². The Labute approximate surface area is 192 Å². The molecule has 0 bridgehead atoms. The molecule has 1 unspecified atom stereocenters. The fourth-order valence-corrected chi connectivity index (χ4v) is 5.93. The highest BCUT2D eigenvalue weighted by Crippen LogP contribution is 2.31. The number of likely N-dealkylation sites (tertiary alicyclic amines) is 1. The van der Waals surface area contributed by atoms with Gasteiger partial charge in [0.25, 0.3) is 5.24 Å². The van der Waals surface area contributed by atoms with Crippen LogP contribution in [-0.4, -0.2) is 53.6 Å². The number of methoxy groups -OCH3 is 1. The Morgan fingerprint density at radius 2 is 1.90 bits per heavy atom. The number of rotatable bonds is 7. The lowest BCUT2D eigenvalue weighted by Gasteiger charge is -2.33. The molecule has 1 amide bonds. The smallest absolute Gasteiger partial charge is 0.282 e. The molecule has 2 aromatic carbocycles. The molecule has 2 heterocycles. The van der Waals surface area contributed by atoms with Crippen LogP contribution in [0.25, 0.3) is 0 Å². The van der Waals surface area contributed by atoms with Crippen molar-refractivity contribution in [2.45, 2.75) is 31.1 Å². The topological polar surface area (TPSA) is 32.8 Å². The first kappa shape index (κ1) is 21.7. The van der Waals surface area contributed by atoms with E-state index < -0.39 is 0 Å². The first-order chi connectivity index (χ1) is 14.6. The molecule has 6 heteroatoms. The van der Waals surface area contributed by atoms with E-state index in [9.17, 15) is 4.79 Å². The average molecular weight is 489 g/mol. The van der Waals surface area contributed by atoms with Gasteiger partial charge in [-0.25, -0.2) is 0 Å². The van der Waals surface area contributed by atoms with E-state index in [0.717, 1.165) is 44.9 Å². The second-order valence-electron chi connectivity index (χ2n) is 8.28. The van der Waals surface area contributed by atoms with Gasteiger partial charge in [-0.2, -0.15) is 0 Å². The molecule has 4 nitrogen and oxygen atoms in total. The number of hydrogen-bond acceptors (Lipinski definition) is 4. The summed E-state index contributed by atoms with van der Waals surface area (Å²) >= 11 is 5.21. The lowest BCUT2D eigenvalue weighted by Crippen LogP contribution is -2.39. The van der Waals surface area contributed by atoms with Gasteiger partial charge in [-0.15, -0.1) is 0 Å². The third kappa shape index (κ3) is 5.59. The van der Waals surface area contributed by atoms with Crippen LogP contribution < -0.4 is 4.74 Å². The Morgan fingerprint density at radius 3 is 2.63 bits per heavy atom. The van der Waals surface area contributed by atoms with Crippen LogP contribution in [0.1, 0.15) is 24.0 Å². The zero-order valence-electron chi connectivity index (χ0n) is 17.4. The molecule has 2 aliphatic rings. The number of ether oxygens (including phenoxy) is 1. The third-order valence-corrected chi connectivity index (χ3v) is 7.96. The summed E-state index contributed by atoms with van der Waals surface area (Å²) in [6.45, 7) is 4.83. The number of nitrogens with zero attached hydrogens (tertiary/aromatic N) is 2. The summed E-state index contributed by atoms with van der Waals surface area (Å²) in [5.74, 6) is 1.63. The molecule has 0 aromatic heterocycles. The average Bonchev–Trinajstić information content (AvgIpc) is 3.10. The summed E-state index contributed by atoms with van der Waals surface area (Å²) in [6, 6.07) is 16.5. The van der Waals surface area contributed by atoms with Crippen LogP contribution in [0.5, 0.6) is 5.75 Å². The molecule has 4 rings (SSSR count). The number of benzene rings is 2. The number of amides is 1. The minimum Gasteiger partial charge on any atom is -0.497 e. The van der Waals surface area contributed by atoms with Gasteiger partial charge in [-0.3, -0.25) is 4.79 Å². The van der Waals surface area contributed by atoms with Crippen LogP contribution in [0.2, 0.25) is 0 Å². The maximum atomic E-state index is 12.4. The van der Waals surface area contributed by atoms with Gasteiger partial charge in [-0.1, -0.05) is 58.0 Å². The highest BCUT2D eigenvalue weighted by molar-refractivity contribution is 9.10. The molecule has 160 valence electrons. The third-order valence-electron chi connectivity index (χ3n) is 6.10. The van der Waals surface area contributed by atoms with Crippen molar-refractivity contribution >= 4 is 32.9 Å². The summed E-state index contributed by atoms with van der Waals surface area (Å²) in [5, 5.41) is 0.604. The second-order valence-corrected chi connectivity index (χ2v) is 10.4. The predicted molar refractivity (Wildman–Crippen MR) is 127 cm³/mol. The Balaban J connectivity index is 1.24. The molecular weight excluding hydrogens is 460 g/mol. The Hall–Kier alpha value is -1.50. The number of carbonyl (C=O) groups is 1. The Kier molecular flexibility index (Phi) is 7.39. The van der Waals surface area contributed by atoms with Crippen molar-refractivity contribution in [3.05, 3.63) is 64.1 Å². The first-order valence-corrected chi connectivity index (χ1v) is 12.3. The van der Waals surface area contributed by atoms with Gasteiger partial charge < -0.3 is 14.5 Å². The molecule has 0 spiro atoms. The molecule has 2 aromatic rings. The Morgan fingerprint density at radius 1 is 1.13 bits per heavy atom. The normalized spacial score (nSPS) is 20.7. The van der Waals surface area contributed by atoms with Crippen LogP contribution in [0.4, 0.5) is 4.79 Å². The van der Waals surface area contributed by atoms with Crippen LogP contribution >= 0.6 is 27.7 Å². The molecule has 0 saturated carbocycles. The number of thioether (sulfide) groups is 1. The van der Waals surface area contributed by atoms with Gasteiger partial charge in [0.1, 0.15) is 5.75 Å². The largest absolute Gasteiger partial charge is 0.497 e. The van der Waals surface area contributed by atoms with E-state index in [1.54, 1.807) is 7.11 Å². The molecular formula is C24H29BrN2O2S. The van der Waals surface area contributed by atoms with Crippen LogP contribution in [0.3, 0.4) is 0 Å². The van der Waals surface area contributed by atoms with E-state index in [1.807, 2.05) is 29.2 Å². The molecule has 0 aliphatic carbocycles. The van der Waals surface area contributed by atoms with E-state index in [-0.39, 0.29) is 5.24 Å². The molecule has 2 fully saturated rings. The quantitative estimate of drug-likeness (QED) is 0.518. The minimum atomic E-state index is 0.224. The molecule has 30 heavy (non-hydrogen) atoms.